The fourth-order valence-electron chi connectivity index (χ4n) is 0.961. The van der Waals surface area contributed by atoms with Crippen molar-refractivity contribution in [3.05, 3.63) is 0 Å². The number of hydrogen-bond donors (Lipinski definition) is 2. The van der Waals surface area contributed by atoms with Crippen LogP contribution in [0.1, 0.15) is 6.42 Å². The average molecular weight is 207 g/mol. The summed E-state index contributed by atoms with van der Waals surface area (Å²) in [5.74, 6) is 0. The summed E-state index contributed by atoms with van der Waals surface area (Å²) >= 11 is 0. The van der Waals surface area contributed by atoms with Gasteiger partial charge in [0.05, 0.1) is 18.5 Å². The van der Waals surface area contributed by atoms with Crippen molar-refractivity contribution in [3.63, 3.8) is 0 Å². The summed E-state index contributed by atoms with van der Waals surface area (Å²) in [6.45, 7) is 0.598. The fourth-order valence-corrected chi connectivity index (χ4v) is 1.45. The lowest BCUT2D eigenvalue weighted by molar-refractivity contribution is 0.0891. The van der Waals surface area contributed by atoms with Crippen molar-refractivity contribution in [2.45, 2.75) is 12.5 Å². The summed E-state index contributed by atoms with van der Waals surface area (Å²) < 4.78 is 23.8. The normalized spacial score (nSPS) is 22.6. The van der Waals surface area contributed by atoms with E-state index in [1.54, 1.807) is 0 Å². The van der Waals surface area contributed by atoms with E-state index in [9.17, 15) is 8.42 Å². The van der Waals surface area contributed by atoms with Crippen LogP contribution in [0.3, 0.4) is 0 Å². The Morgan fingerprint density at radius 1 is 1.77 bits per heavy atom. The van der Waals surface area contributed by atoms with Gasteiger partial charge in [-0.15, -0.1) is 0 Å². The summed E-state index contributed by atoms with van der Waals surface area (Å²) in [6.07, 6.45) is 1.49. The quantitative estimate of drug-likeness (QED) is 0.595. The molecule has 0 spiro atoms. The van der Waals surface area contributed by atoms with E-state index in [1.807, 2.05) is 0 Å². The van der Waals surface area contributed by atoms with Crippen molar-refractivity contribution in [1.29, 1.82) is 0 Å². The van der Waals surface area contributed by atoms with Gasteiger partial charge in [-0.25, -0.2) is 13.1 Å². The molecular formula is C6H13N3O3S. The van der Waals surface area contributed by atoms with Crippen LogP contribution in [0.2, 0.25) is 0 Å². The Hall–Kier alpha value is -0.660. The van der Waals surface area contributed by atoms with Crippen molar-refractivity contribution >= 4 is 15.7 Å². The van der Waals surface area contributed by atoms with Crippen molar-refractivity contribution < 1.29 is 13.3 Å². The SMILES string of the molecule is CS(=O)(=O)NCC1CC(CN)=NO1. The van der Waals surface area contributed by atoms with Crippen LogP contribution in [0.15, 0.2) is 5.16 Å². The van der Waals surface area contributed by atoms with Crippen molar-refractivity contribution in [1.82, 2.24) is 4.72 Å². The highest BCUT2D eigenvalue weighted by atomic mass is 32.2. The highest BCUT2D eigenvalue weighted by molar-refractivity contribution is 7.88. The van der Waals surface area contributed by atoms with Crippen LogP contribution in [0, 0.1) is 0 Å². The summed E-state index contributed by atoms with van der Waals surface area (Å²) in [7, 11) is -3.15. The van der Waals surface area contributed by atoms with Gasteiger partial charge in [-0.05, 0) is 0 Å². The first kappa shape index (κ1) is 10.4. The number of nitrogens with two attached hydrogens (primary N) is 1. The Balaban J connectivity index is 2.28. The van der Waals surface area contributed by atoms with Gasteiger partial charge in [-0.1, -0.05) is 5.16 Å². The third kappa shape index (κ3) is 3.71. The predicted octanol–water partition coefficient (Wildman–Crippen LogP) is -1.36. The van der Waals surface area contributed by atoms with Gasteiger partial charge in [0.1, 0.15) is 6.10 Å². The van der Waals surface area contributed by atoms with Gasteiger partial charge in [-0.3, -0.25) is 0 Å². The van der Waals surface area contributed by atoms with Crippen LogP contribution in [0.5, 0.6) is 0 Å². The van der Waals surface area contributed by atoms with Crippen LogP contribution in [-0.4, -0.2) is 39.6 Å². The van der Waals surface area contributed by atoms with Gasteiger partial charge in [0, 0.05) is 13.0 Å². The molecule has 76 valence electrons. The molecule has 0 aromatic heterocycles. The highest BCUT2D eigenvalue weighted by Crippen LogP contribution is 2.08. The lowest BCUT2D eigenvalue weighted by Crippen LogP contribution is -2.31. The van der Waals surface area contributed by atoms with E-state index in [0.717, 1.165) is 12.0 Å². The molecule has 0 bridgehead atoms. The molecule has 0 aliphatic carbocycles. The molecule has 1 aliphatic heterocycles. The van der Waals surface area contributed by atoms with E-state index in [0.29, 0.717) is 13.0 Å². The molecule has 0 saturated carbocycles. The number of rotatable bonds is 4. The molecule has 0 aromatic carbocycles. The molecule has 13 heavy (non-hydrogen) atoms. The Morgan fingerprint density at radius 2 is 2.46 bits per heavy atom. The first-order valence-corrected chi connectivity index (χ1v) is 5.76. The van der Waals surface area contributed by atoms with Gasteiger partial charge in [0.2, 0.25) is 10.0 Å². The highest BCUT2D eigenvalue weighted by Gasteiger charge is 2.20. The second-order valence-corrected chi connectivity index (χ2v) is 4.75. The number of hydrogen-bond acceptors (Lipinski definition) is 5. The monoisotopic (exact) mass is 207 g/mol. The minimum Gasteiger partial charge on any atom is -0.391 e. The summed E-state index contributed by atoms with van der Waals surface area (Å²) in [4.78, 5) is 4.93. The molecule has 1 rings (SSSR count). The molecule has 7 heteroatoms. The van der Waals surface area contributed by atoms with E-state index >= 15 is 0 Å². The molecule has 6 nitrogen and oxygen atoms in total. The lowest BCUT2D eigenvalue weighted by atomic mass is 10.2. The molecule has 0 fully saturated rings. The van der Waals surface area contributed by atoms with E-state index in [-0.39, 0.29) is 12.6 Å². The lowest BCUT2D eigenvalue weighted by Gasteiger charge is -2.07. The Morgan fingerprint density at radius 3 is 2.92 bits per heavy atom. The third-order valence-electron chi connectivity index (χ3n) is 1.60. The number of nitrogens with zero attached hydrogens (tertiary/aromatic N) is 1. The number of oxime groups is 1. The first-order valence-electron chi connectivity index (χ1n) is 3.87. The molecule has 3 N–H and O–H groups in total. The Kier molecular flexibility index (Phi) is 3.23. The molecule has 1 unspecified atom stereocenters. The molecule has 0 radical (unpaired) electrons. The molecule has 1 atom stereocenters. The maximum Gasteiger partial charge on any atom is 0.208 e. The molecule has 0 saturated heterocycles. The second kappa shape index (κ2) is 4.03. The molecule has 0 amide bonds. The smallest absolute Gasteiger partial charge is 0.208 e. The van der Waals surface area contributed by atoms with E-state index < -0.39 is 10.0 Å². The van der Waals surface area contributed by atoms with Crippen LogP contribution < -0.4 is 10.5 Å². The Labute approximate surface area is 77.2 Å². The molecule has 1 aliphatic rings. The van der Waals surface area contributed by atoms with Crippen molar-refractivity contribution in [2.75, 3.05) is 19.3 Å². The second-order valence-electron chi connectivity index (χ2n) is 2.91. The average Bonchev–Trinajstić information content (AvgIpc) is 2.47. The van der Waals surface area contributed by atoms with Crippen LogP contribution >= 0.6 is 0 Å². The first-order chi connectivity index (χ1) is 6.01. The molecular weight excluding hydrogens is 194 g/mol. The zero-order valence-electron chi connectivity index (χ0n) is 7.36. The summed E-state index contributed by atoms with van der Waals surface area (Å²) in [5, 5.41) is 3.69. The summed E-state index contributed by atoms with van der Waals surface area (Å²) in [5.41, 5.74) is 6.09. The Bertz CT molecular complexity index is 298. The maximum atomic E-state index is 10.7. The van der Waals surface area contributed by atoms with Gasteiger partial charge < -0.3 is 10.6 Å². The van der Waals surface area contributed by atoms with Gasteiger partial charge >= 0.3 is 0 Å². The van der Waals surface area contributed by atoms with Crippen LogP contribution in [0.4, 0.5) is 0 Å². The van der Waals surface area contributed by atoms with Crippen molar-refractivity contribution in [2.24, 2.45) is 10.9 Å². The predicted molar refractivity (Wildman–Crippen MR) is 48.8 cm³/mol. The summed E-state index contributed by atoms with van der Waals surface area (Å²) in [6, 6.07) is 0. The van der Waals surface area contributed by atoms with E-state index in [1.165, 1.54) is 0 Å². The molecule has 1 heterocycles. The van der Waals surface area contributed by atoms with Crippen LogP contribution in [-0.2, 0) is 14.9 Å². The van der Waals surface area contributed by atoms with Gasteiger partial charge in [-0.2, -0.15) is 0 Å². The minimum absolute atomic E-state index is 0.215. The number of sulfonamides is 1. The topological polar surface area (TPSA) is 93.8 Å². The number of nitrogens with one attached hydrogen (secondary N) is 1. The maximum absolute atomic E-state index is 10.7. The largest absolute Gasteiger partial charge is 0.391 e. The third-order valence-corrected chi connectivity index (χ3v) is 2.29. The minimum atomic E-state index is -3.15. The molecule has 0 aromatic rings. The van der Waals surface area contributed by atoms with Crippen molar-refractivity contribution in [3.8, 4) is 0 Å². The zero-order valence-corrected chi connectivity index (χ0v) is 8.17. The van der Waals surface area contributed by atoms with Gasteiger partial charge in [0.15, 0.2) is 0 Å². The fraction of sp³-hybridized carbons (Fsp3) is 0.833. The van der Waals surface area contributed by atoms with E-state index in [4.69, 9.17) is 10.6 Å². The van der Waals surface area contributed by atoms with E-state index in [2.05, 4.69) is 9.88 Å². The zero-order chi connectivity index (χ0) is 9.90. The van der Waals surface area contributed by atoms with Gasteiger partial charge in [0.25, 0.3) is 0 Å². The standard InChI is InChI=1S/C6H13N3O3S/c1-13(10,11)8-4-6-2-5(3-7)9-12-6/h6,8H,2-4,7H2,1H3. The van der Waals surface area contributed by atoms with Crippen LogP contribution in [0.25, 0.3) is 0 Å².